The van der Waals surface area contributed by atoms with Gasteiger partial charge in [-0.05, 0) is 144 Å². The highest BCUT2D eigenvalue weighted by Gasteiger charge is 2.35. The molecule has 0 saturated carbocycles. The van der Waals surface area contributed by atoms with Gasteiger partial charge in [0.2, 0.25) is 0 Å². The molecule has 0 bridgehead atoms. The first-order chi connectivity index (χ1) is 32.9. The van der Waals surface area contributed by atoms with Crippen LogP contribution in [0.15, 0.2) is 225 Å². The SMILES string of the molecule is C=C/C(=C\C=C(C)C)n1c2ccccc2c2c(-c3ccc(N(c4ccc(-c5ccc6c(c5)-c5ccccc5C6)cc4)c4ccc5c6c4c4ccccc4n6C(/C=C\C)C5C=C)cc3)cccc21. The van der Waals surface area contributed by atoms with E-state index in [4.69, 9.17) is 0 Å². The quantitative estimate of drug-likeness (QED) is 0.0986. The lowest BCUT2D eigenvalue weighted by Crippen LogP contribution is -2.10. The van der Waals surface area contributed by atoms with Crippen LogP contribution in [-0.4, -0.2) is 9.13 Å². The monoisotopic (exact) mass is 861 g/mol. The molecular weight excluding hydrogens is 811 g/mol. The van der Waals surface area contributed by atoms with Crippen LogP contribution in [-0.2, 0) is 6.42 Å². The summed E-state index contributed by atoms with van der Waals surface area (Å²) in [6.07, 6.45) is 13.9. The number of anilines is 3. The lowest BCUT2D eigenvalue weighted by atomic mass is 9.92. The molecule has 322 valence electrons. The molecule has 0 saturated heterocycles. The van der Waals surface area contributed by atoms with E-state index in [9.17, 15) is 0 Å². The van der Waals surface area contributed by atoms with Crippen molar-refractivity contribution in [1.82, 2.24) is 9.13 Å². The highest BCUT2D eigenvalue weighted by molar-refractivity contribution is 6.18. The van der Waals surface area contributed by atoms with Crippen LogP contribution in [0.25, 0.3) is 82.7 Å². The molecule has 2 atom stereocenters. The Balaban J connectivity index is 1.03. The van der Waals surface area contributed by atoms with Crippen molar-refractivity contribution in [3.63, 3.8) is 0 Å². The standard InChI is InChI=1S/C64H51N3/c1-6-16-57-50(8-3)53-37-38-61(63-55-20-12-14-23-59(55)67(57)64(53)63)65(48-33-28-42(29-34-48)44-26-27-46-39-45-17-9-10-18-51(45)56(46)40-44)49-35-30-43(31-36-49)52-21-15-24-60-62(52)54-19-11-13-22-58(54)66(60)47(7-2)32-25-41(4)5/h6-38,40,50,57H,2-3,39H2,1,4-5H3/b16-6-,47-32+. The number of nitrogens with zero attached hydrogens (tertiary/aromatic N) is 3. The fourth-order valence-electron chi connectivity index (χ4n) is 11.3. The fourth-order valence-corrected chi connectivity index (χ4v) is 11.3. The predicted molar refractivity (Wildman–Crippen MR) is 287 cm³/mol. The van der Waals surface area contributed by atoms with E-state index in [-0.39, 0.29) is 12.0 Å². The smallest absolute Gasteiger partial charge is 0.0626 e. The Labute approximate surface area is 392 Å². The number of allylic oxidation sites excluding steroid dienone is 8. The van der Waals surface area contributed by atoms with E-state index in [0.717, 1.165) is 45.8 Å². The van der Waals surface area contributed by atoms with Gasteiger partial charge in [-0.15, -0.1) is 6.58 Å². The van der Waals surface area contributed by atoms with Crippen LogP contribution in [0, 0.1) is 0 Å². The summed E-state index contributed by atoms with van der Waals surface area (Å²) in [5.41, 5.74) is 22.1. The first-order valence-electron chi connectivity index (χ1n) is 23.5. The van der Waals surface area contributed by atoms with Gasteiger partial charge in [0.1, 0.15) is 0 Å². The second kappa shape index (κ2) is 16.1. The number of benzene rings is 8. The van der Waals surface area contributed by atoms with Crippen LogP contribution < -0.4 is 4.90 Å². The molecule has 3 heteroatoms. The lowest BCUT2D eigenvalue weighted by molar-refractivity contribution is 0.621. The summed E-state index contributed by atoms with van der Waals surface area (Å²) >= 11 is 0. The van der Waals surface area contributed by atoms with Crippen LogP contribution >= 0.6 is 0 Å². The molecule has 12 rings (SSSR count). The minimum Gasteiger partial charge on any atom is -0.332 e. The van der Waals surface area contributed by atoms with Gasteiger partial charge < -0.3 is 14.0 Å². The van der Waals surface area contributed by atoms with E-state index in [2.05, 4.69) is 248 Å². The Morgan fingerprint density at radius 2 is 1.22 bits per heavy atom. The maximum absolute atomic E-state index is 4.35. The largest absolute Gasteiger partial charge is 0.332 e. The molecule has 67 heavy (non-hydrogen) atoms. The topological polar surface area (TPSA) is 13.1 Å². The van der Waals surface area contributed by atoms with Crippen molar-refractivity contribution in [2.45, 2.75) is 39.2 Å². The molecule has 8 aromatic carbocycles. The molecule has 2 aliphatic rings. The molecular formula is C64H51N3. The Hall–Kier alpha value is -8.14. The number of aromatic nitrogens is 2. The summed E-state index contributed by atoms with van der Waals surface area (Å²) in [5.74, 6) is 0.178. The van der Waals surface area contributed by atoms with Crippen molar-refractivity contribution in [3.05, 3.63) is 242 Å². The summed E-state index contributed by atoms with van der Waals surface area (Å²) in [7, 11) is 0. The molecule has 1 aliphatic carbocycles. The summed E-state index contributed by atoms with van der Waals surface area (Å²) < 4.78 is 4.90. The van der Waals surface area contributed by atoms with Crippen LogP contribution in [0.4, 0.5) is 17.1 Å². The fraction of sp³-hybridized carbons (Fsp3) is 0.0938. The first kappa shape index (κ1) is 40.4. The van der Waals surface area contributed by atoms with Gasteiger partial charge in [0.25, 0.3) is 0 Å². The van der Waals surface area contributed by atoms with E-state index < -0.39 is 0 Å². The van der Waals surface area contributed by atoms with Crippen molar-refractivity contribution in [2.24, 2.45) is 0 Å². The minimum atomic E-state index is 0.153. The average Bonchev–Trinajstić information content (AvgIpc) is 4.11. The maximum Gasteiger partial charge on any atom is 0.0626 e. The van der Waals surface area contributed by atoms with Crippen molar-refractivity contribution in [2.75, 3.05) is 4.90 Å². The molecule has 0 fully saturated rings. The van der Waals surface area contributed by atoms with Crippen LogP contribution in [0.2, 0.25) is 0 Å². The summed E-state index contributed by atoms with van der Waals surface area (Å²) in [4.78, 5) is 2.46. The van der Waals surface area contributed by atoms with Crippen molar-refractivity contribution < 1.29 is 0 Å². The van der Waals surface area contributed by atoms with E-state index in [0.29, 0.717) is 0 Å². The third-order valence-electron chi connectivity index (χ3n) is 14.2. The van der Waals surface area contributed by atoms with Crippen LogP contribution in [0.5, 0.6) is 0 Å². The van der Waals surface area contributed by atoms with E-state index in [1.54, 1.807) is 0 Å². The molecule has 2 unspecified atom stereocenters. The highest BCUT2D eigenvalue weighted by atomic mass is 15.2. The summed E-state index contributed by atoms with van der Waals surface area (Å²) in [5, 5.41) is 4.96. The number of hydrogen-bond donors (Lipinski definition) is 0. The van der Waals surface area contributed by atoms with Gasteiger partial charge in [-0.2, -0.15) is 0 Å². The zero-order chi connectivity index (χ0) is 45.3. The van der Waals surface area contributed by atoms with Gasteiger partial charge >= 0.3 is 0 Å². The second-order valence-electron chi connectivity index (χ2n) is 18.3. The van der Waals surface area contributed by atoms with E-state index in [1.807, 2.05) is 6.08 Å². The normalized spacial score (nSPS) is 15.2. The molecule has 3 nitrogen and oxygen atoms in total. The maximum atomic E-state index is 4.35. The molecule has 1 aliphatic heterocycles. The van der Waals surface area contributed by atoms with Gasteiger partial charge in [0.15, 0.2) is 0 Å². The zero-order valence-electron chi connectivity index (χ0n) is 38.2. The van der Waals surface area contributed by atoms with Crippen molar-refractivity contribution in [3.8, 4) is 33.4 Å². The van der Waals surface area contributed by atoms with Gasteiger partial charge in [0.05, 0.1) is 28.3 Å². The second-order valence-corrected chi connectivity index (χ2v) is 18.3. The number of hydrogen-bond acceptors (Lipinski definition) is 1. The van der Waals surface area contributed by atoms with Gasteiger partial charge in [-0.3, -0.25) is 0 Å². The number of para-hydroxylation sites is 2. The first-order valence-corrected chi connectivity index (χ1v) is 23.5. The summed E-state index contributed by atoms with van der Waals surface area (Å²) in [6, 6.07) is 63.4. The molecule has 10 aromatic rings. The molecule has 0 amide bonds. The highest BCUT2D eigenvalue weighted by Crippen LogP contribution is 2.53. The van der Waals surface area contributed by atoms with Crippen molar-refractivity contribution >= 4 is 66.4 Å². The minimum absolute atomic E-state index is 0.153. The molecule has 0 spiro atoms. The third-order valence-corrected chi connectivity index (χ3v) is 14.2. The van der Waals surface area contributed by atoms with Crippen molar-refractivity contribution in [1.29, 1.82) is 0 Å². The Kier molecular flexibility index (Phi) is 9.69. The Bertz CT molecular complexity index is 3730. The lowest BCUT2D eigenvalue weighted by Gasteiger charge is -2.27. The molecule has 2 aromatic heterocycles. The van der Waals surface area contributed by atoms with Crippen LogP contribution in [0.3, 0.4) is 0 Å². The third kappa shape index (κ3) is 6.33. The van der Waals surface area contributed by atoms with Gasteiger partial charge in [0, 0.05) is 50.1 Å². The molecule has 3 heterocycles. The predicted octanol–water partition coefficient (Wildman–Crippen LogP) is 17.7. The van der Waals surface area contributed by atoms with Gasteiger partial charge in [-0.1, -0.05) is 152 Å². The van der Waals surface area contributed by atoms with Crippen LogP contribution in [0.1, 0.15) is 49.4 Å². The van der Waals surface area contributed by atoms with Gasteiger partial charge in [-0.25, -0.2) is 0 Å². The Morgan fingerprint density at radius 3 is 1.96 bits per heavy atom. The van der Waals surface area contributed by atoms with E-state index >= 15 is 0 Å². The zero-order valence-corrected chi connectivity index (χ0v) is 38.2. The average molecular weight is 862 g/mol. The molecule has 0 N–H and O–H groups in total. The molecule has 0 radical (unpaired) electrons. The number of fused-ring (bicyclic) bond motifs is 9. The summed E-state index contributed by atoms with van der Waals surface area (Å²) in [6.45, 7) is 15.0. The Morgan fingerprint density at radius 1 is 0.582 bits per heavy atom. The van der Waals surface area contributed by atoms with E-state index in [1.165, 1.54) is 82.7 Å². The number of rotatable bonds is 10.